The molecule has 0 unspecified atom stereocenters. The maximum absolute atomic E-state index is 5.27. The third kappa shape index (κ3) is 14.0. The van der Waals surface area contributed by atoms with Crippen molar-refractivity contribution in [2.45, 2.75) is 89.0 Å². The summed E-state index contributed by atoms with van der Waals surface area (Å²) in [5, 5.41) is 0. The molecule has 300 valence electrons. The molecule has 2 heteroatoms. The number of hydrogen-bond donors (Lipinski definition) is 0. The van der Waals surface area contributed by atoms with Crippen LogP contribution in [-0.4, -0.2) is 11.7 Å². The van der Waals surface area contributed by atoms with Gasteiger partial charge in [0, 0.05) is 11.1 Å². The van der Waals surface area contributed by atoms with E-state index in [1.807, 2.05) is 39.8 Å². The third-order valence-corrected chi connectivity index (χ3v) is 9.23. The van der Waals surface area contributed by atoms with E-state index in [9.17, 15) is 0 Å². The smallest absolute Gasteiger partial charge is 0.236 e. The minimum absolute atomic E-state index is 0.141. The number of aromatic nitrogens is 1. The van der Waals surface area contributed by atoms with E-state index < -0.39 is 0 Å². The molecule has 0 fully saturated rings. The van der Waals surface area contributed by atoms with Crippen LogP contribution in [0.15, 0.2) is 194 Å². The van der Waals surface area contributed by atoms with Crippen molar-refractivity contribution in [3.63, 3.8) is 0 Å². The van der Waals surface area contributed by atoms with Crippen LogP contribution in [0.1, 0.15) is 94.6 Å². The minimum atomic E-state index is 0.141. The van der Waals surface area contributed by atoms with Crippen LogP contribution < -0.4 is 5.46 Å². The summed E-state index contributed by atoms with van der Waals surface area (Å²) in [5.41, 5.74) is 15.0. The van der Waals surface area contributed by atoms with Crippen molar-refractivity contribution in [3.05, 3.63) is 199 Å². The van der Waals surface area contributed by atoms with Crippen molar-refractivity contribution in [1.82, 2.24) is 4.98 Å². The minimum Gasteiger partial charge on any atom is -0.248 e. The Morgan fingerprint density at radius 3 is 1.55 bits per heavy atom. The lowest BCUT2D eigenvalue weighted by Gasteiger charge is -2.19. The second-order valence-corrected chi connectivity index (χ2v) is 13.2. The first-order valence-corrected chi connectivity index (χ1v) is 21.4. The van der Waals surface area contributed by atoms with Gasteiger partial charge in [-0.25, -0.2) is 4.98 Å². The van der Waals surface area contributed by atoms with Gasteiger partial charge in [-0.3, -0.25) is 0 Å². The molecular weight excluding hydrogens is 697 g/mol. The van der Waals surface area contributed by atoms with E-state index in [-0.39, 0.29) is 6.71 Å². The normalized spacial score (nSPS) is 11.7. The van der Waals surface area contributed by atoms with Crippen LogP contribution in [0.25, 0.3) is 50.3 Å². The molecule has 0 aliphatic carbocycles. The van der Waals surface area contributed by atoms with Crippen molar-refractivity contribution >= 4 is 17.7 Å². The fraction of sp³-hybridized carbons (Fsp3) is 0.232. The highest BCUT2D eigenvalue weighted by Crippen LogP contribution is 2.32. The van der Waals surface area contributed by atoms with Gasteiger partial charge >= 0.3 is 0 Å². The van der Waals surface area contributed by atoms with Crippen LogP contribution in [0.5, 0.6) is 0 Å². The van der Waals surface area contributed by atoms with Crippen LogP contribution in [0.4, 0.5) is 0 Å². The molecule has 5 rings (SSSR count). The molecule has 1 nitrogen and oxygen atoms in total. The van der Waals surface area contributed by atoms with E-state index in [0.29, 0.717) is 0 Å². The largest absolute Gasteiger partial charge is 0.248 e. The molecule has 0 radical (unpaired) electrons. The zero-order valence-corrected chi connectivity index (χ0v) is 37.4. The number of nitrogens with zero attached hydrogens (tertiary/aromatic N) is 1. The predicted octanol–water partition coefficient (Wildman–Crippen LogP) is 16.6. The molecule has 1 aromatic heterocycles. The standard InChI is InChI=1S/C49H48BN.C3H8.2C2H6/c1-7-13-21-45(11-5)50(46(12-6)22-14-8-2)47-33-31-43(32-34-47)49-36-44(41-25-23-39(24-26-41)37(10-4)18-9-3)35-48(51-49)42-29-27-40(28-30-42)38-19-16-15-17-20-38;1-3-2;2*1-2/h7-11,13-36H,1,12H2,2-6H3;3H2,1-2H3;2*1-2H3/b14-8-,18-9-,21-13-,37-10+,45-11+,46-22+;;;. The summed E-state index contributed by atoms with van der Waals surface area (Å²) in [6.45, 7) is 26.8. The summed E-state index contributed by atoms with van der Waals surface area (Å²) in [6.07, 6.45) is 23.3. The first-order valence-electron chi connectivity index (χ1n) is 21.4. The highest BCUT2D eigenvalue weighted by molar-refractivity contribution is 6.86. The molecule has 0 aliphatic rings. The molecule has 0 bridgehead atoms. The van der Waals surface area contributed by atoms with E-state index >= 15 is 0 Å². The third-order valence-electron chi connectivity index (χ3n) is 9.23. The van der Waals surface area contributed by atoms with Crippen molar-refractivity contribution in [3.8, 4) is 44.8 Å². The van der Waals surface area contributed by atoms with E-state index in [4.69, 9.17) is 4.98 Å². The summed E-state index contributed by atoms with van der Waals surface area (Å²) < 4.78 is 0. The van der Waals surface area contributed by atoms with Gasteiger partial charge in [-0.1, -0.05) is 242 Å². The summed E-state index contributed by atoms with van der Waals surface area (Å²) in [6, 6.07) is 41.5. The van der Waals surface area contributed by atoms with Gasteiger partial charge in [-0.2, -0.15) is 0 Å². The fourth-order valence-electron chi connectivity index (χ4n) is 6.49. The molecule has 0 saturated heterocycles. The number of allylic oxidation sites excluding steroid dienone is 13. The quantitative estimate of drug-likeness (QED) is 0.0859. The Kier molecular flexibility index (Phi) is 23.2. The van der Waals surface area contributed by atoms with E-state index in [0.717, 1.165) is 40.1 Å². The fourth-order valence-corrected chi connectivity index (χ4v) is 6.49. The van der Waals surface area contributed by atoms with E-state index in [1.54, 1.807) is 0 Å². The Bertz CT molecular complexity index is 2100. The Balaban J connectivity index is 0.00000156. The van der Waals surface area contributed by atoms with Crippen LogP contribution >= 0.6 is 0 Å². The average Bonchev–Trinajstić information content (AvgIpc) is 3.29. The lowest BCUT2D eigenvalue weighted by atomic mass is 9.35. The SMILES string of the molecule is C=C/C=C\C(=C/C)B(/C(=C/C=C\C)CC)c1ccc(-c2cc(-c3ccc(C(/C=C\C)=C/C)cc3)cc(-c3ccc(-c4ccccc4)cc3)n2)cc1.CC.CC.CCC. The first kappa shape index (κ1) is 48.4. The van der Waals surface area contributed by atoms with Gasteiger partial charge in [0.1, 0.15) is 0 Å². The summed E-state index contributed by atoms with van der Waals surface area (Å²) in [4.78, 5) is 5.27. The van der Waals surface area contributed by atoms with Crippen LogP contribution in [0.2, 0.25) is 0 Å². The van der Waals surface area contributed by atoms with Gasteiger partial charge in [0.25, 0.3) is 0 Å². The summed E-state index contributed by atoms with van der Waals surface area (Å²) in [5.74, 6) is 0. The number of hydrogen-bond acceptors (Lipinski definition) is 1. The molecule has 1 heterocycles. The van der Waals surface area contributed by atoms with Gasteiger partial charge in [0.2, 0.25) is 6.71 Å². The Morgan fingerprint density at radius 1 is 0.569 bits per heavy atom. The second kappa shape index (κ2) is 27.8. The van der Waals surface area contributed by atoms with Gasteiger partial charge in [-0.15, -0.1) is 0 Å². The topological polar surface area (TPSA) is 12.9 Å². The number of rotatable bonds is 13. The van der Waals surface area contributed by atoms with Crippen molar-refractivity contribution in [2.24, 2.45) is 0 Å². The van der Waals surface area contributed by atoms with Crippen molar-refractivity contribution in [1.29, 1.82) is 0 Å². The molecule has 0 N–H and O–H groups in total. The molecule has 58 heavy (non-hydrogen) atoms. The molecule has 0 aliphatic heterocycles. The molecule has 4 aromatic carbocycles. The maximum atomic E-state index is 5.27. The Labute approximate surface area is 354 Å². The first-order chi connectivity index (χ1) is 28.4. The second-order valence-electron chi connectivity index (χ2n) is 13.2. The van der Waals surface area contributed by atoms with Crippen molar-refractivity contribution < 1.29 is 0 Å². The van der Waals surface area contributed by atoms with E-state index in [1.165, 1.54) is 45.1 Å². The summed E-state index contributed by atoms with van der Waals surface area (Å²) >= 11 is 0. The Morgan fingerprint density at radius 2 is 1.07 bits per heavy atom. The predicted molar refractivity (Wildman–Crippen MR) is 265 cm³/mol. The molecule has 0 atom stereocenters. The van der Waals surface area contributed by atoms with Crippen LogP contribution in [0.3, 0.4) is 0 Å². The highest BCUT2D eigenvalue weighted by atomic mass is 14.7. The van der Waals surface area contributed by atoms with Gasteiger partial charge < -0.3 is 0 Å². The lowest BCUT2D eigenvalue weighted by molar-refractivity contribution is 1.09. The molecule has 5 aromatic rings. The van der Waals surface area contributed by atoms with Gasteiger partial charge in [-0.05, 0) is 79.6 Å². The van der Waals surface area contributed by atoms with Crippen molar-refractivity contribution in [2.75, 3.05) is 0 Å². The van der Waals surface area contributed by atoms with Crippen LogP contribution in [0, 0.1) is 0 Å². The molecule has 0 amide bonds. The van der Waals surface area contributed by atoms with Gasteiger partial charge in [0.05, 0.1) is 11.4 Å². The molecule has 0 saturated carbocycles. The Hall–Kier alpha value is -5.73. The van der Waals surface area contributed by atoms with Crippen LogP contribution in [-0.2, 0) is 0 Å². The zero-order valence-electron chi connectivity index (χ0n) is 37.4. The maximum Gasteiger partial charge on any atom is 0.236 e. The average molecular weight is 766 g/mol. The van der Waals surface area contributed by atoms with Gasteiger partial charge in [0.15, 0.2) is 0 Å². The molecular formula is C56H68BN. The zero-order chi connectivity index (χ0) is 42.7. The lowest BCUT2D eigenvalue weighted by Crippen LogP contribution is -2.34. The molecule has 0 spiro atoms. The number of benzene rings is 4. The summed E-state index contributed by atoms with van der Waals surface area (Å²) in [7, 11) is 0. The number of pyridine rings is 1. The van der Waals surface area contributed by atoms with E-state index in [2.05, 4.69) is 219 Å². The monoisotopic (exact) mass is 766 g/mol. The highest BCUT2D eigenvalue weighted by Gasteiger charge is 2.23.